The van der Waals surface area contributed by atoms with Gasteiger partial charge in [-0.3, -0.25) is 4.79 Å². The van der Waals surface area contributed by atoms with E-state index >= 15 is 0 Å². The topological polar surface area (TPSA) is 66.5 Å². The molecule has 4 aromatic rings. The van der Waals surface area contributed by atoms with Gasteiger partial charge >= 0.3 is 0 Å². The van der Waals surface area contributed by atoms with Gasteiger partial charge in [0.05, 0.1) is 4.90 Å². The number of hydrogen-bond acceptors (Lipinski definition) is 4. The van der Waals surface area contributed by atoms with Gasteiger partial charge in [0.25, 0.3) is 5.91 Å². The van der Waals surface area contributed by atoms with Gasteiger partial charge in [0.1, 0.15) is 0 Å². The molecule has 0 atom stereocenters. The fourth-order valence-corrected chi connectivity index (χ4v) is 4.84. The molecule has 30 heavy (non-hydrogen) atoms. The Kier molecular flexibility index (Phi) is 5.42. The highest BCUT2D eigenvalue weighted by molar-refractivity contribution is 7.89. The first-order valence-electron chi connectivity index (χ1n) is 9.29. The molecule has 3 aromatic carbocycles. The second kappa shape index (κ2) is 8.02. The van der Waals surface area contributed by atoms with Gasteiger partial charge in [-0.2, -0.15) is 0 Å². The number of nitrogens with zero attached hydrogens (tertiary/aromatic N) is 1. The van der Waals surface area contributed by atoms with Crippen LogP contribution in [0.3, 0.4) is 0 Å². The lowest BCUT2D eigenvalue weighted by atomic mass is 10.0. The summed E-state index contributed by atoms with van der Waals surface area (Å²) >= 11 is 1.50. The van der Waals surface area contributed by atoms with Crippen molar-refractivity contribution in [1.29, 1.82) is 0 Å². The predicted octanol–water partition coefficient (Wildman–Crippen LogP) is 4.75. The standard InChI is InChI=1S/C23H20N2O3S2/c1-24-30(27,28)19-11-12-20(22-8-5-13-29-22)21(15-19)23(26)25(2)18-10-9-16-6-3-4-7-17(16)14-18/h3-15,24H,1-2H3. The maximum absolute atomic E-state index is 13.5. The average molecular weight is 437 g/mol. The van der Waals surface area contributed by atoms with Crippen molar-refractivity contribution in [2.75, 3.05) is 19.0 Å². The SMILES string of the molecule is CNS(=O)(=O)c1ccc(-c2cccs2)c(C(=O)N(C)c2ccc3ccccc3c2)c1. The Morgan fingerprint density at radius 3 is 2.40 bits per heavy atom. The number of sulfonamides is 1. The fourth-order valence-electron chi connectivity index (χ4n) is 3.32. The molecule has 0 saturated heterocycles. The number of rotatable bonds is 5. The van der Waals surface area contributed by atoms with Crippen LogP contribution < -0.4 is 9.62 Å². The zero-order valence-electron chi connectivity index (χ0n) is 16.5. The van der Waals surface area contributed by atoms with E-state index in [1.54, 1.807) is 18.0 Å². The van der Waals surface area contributed by atoms with Gasteiger partial charge in [-0.1, -0.05) is 42.5 Å². The van der Waals surface area contributed by atoms with Gasteiger partial charge in [0, 0.05) is 28.7 Å². The summed E-state index contributed by atoms with van der Waals surface area (Å²) in [5.74, 6) is -0.276. The van der Waals surface area contributed by atoms with Crippen molar-refractivity contribution in [2.24, 2.45) is 0 Å². The zero-order chi connectivity index (χ0) is 21.3. The van der Waals surface area contributed by atoms with E-state index in [-0.39, 0.29) is 10.8 Å². The summed E-state index contributed by atoms with van der Waals surface area (Å²) in [4.78, 5) is 16.0. The molecule has 1 heterocycles. The number of benzene rings is 3. The number of anilines is 1. The van der Waals surface area contributed by atoms with Crippen molar-refractivity contribution in [2.45, 2.75) is 4.90 Å². The van der Waals surface area contributed by atoms with Gasteiger partial charge in [0.15, 0.2) is 0 Å². The lowest BCUT2D eigenvalue weighted by molar-refractivity contribution is 0.0993. The van der Waals surface area contributed by atoms with Gasteiger partial charge in [-0.05, 0) is 53.5 Å². The van der Waals surface area contributed by atoms with E-state index < -0.39 is 10.0 Å². The summed E-state index contributed by atoms with van der Waals surface area (Å²) in [6, 6.07) is 22.2. The second-order valence-electron chi connectivity index (χ2n) is 6.79. The summed E-state index contributed by atoms with van der Waals surface area (Å²) in [5.41, 5.74) is 1.78. The van der Waals surface area contributed by atoms with Crippen molar-refractivity contribution >= 4 is 43.7 Å². The van der Waals surface area contributed by atoms with E-state index in [0.717, 1.165) is 21.3 Å². The normalized spacial score (nSPS) is 11.5. The molecule has 0 aliphatic rings. The Morgan fingerprint density at radius 1 is 0.933 bits per heavy atom. The first-order valence-corrected chi connectivity index (χ1v) is 11.7. The molecule has 4 rings (SSSR count). The molecule has 0 bridgehead atoms. The van der Waals surface area contributed by atoms with E-state index in [2.05, 4.69) is 4.72 Å². The maximum Gasteiger partial charge on any atom is 0.258 e. The molecule has 152 valence electrons. The first kappa shape index (κ1) is 20.3. The van der Waals surface area contributed by atoms with Gasteiger partial charge < -0.3 is 4.90 Å². The van der Waals surface area contributed by atoms with Gasteiger partial charge in [-0.15, -0.1) is 11.3 Å². The average Bonchev–Trinajstić information content (AvgIpc) is 3.32. The minimum Gasteiger partial charge on any atom is -0.311 e. The molecule has 1 amide bonds. The van der Waals surface area contributed by atoms with E-state index in [9.17, 15) is 13.2 Å². The zero-order valence-corrected chi connectivity index (χ0v) is 18.1. The largest absolute Gasteiger partial charge is 0.311 e. The summed E-state index contributed by atoms with van der Waals surface area (Å²) in [5, 5.41) is 4.04. The van der Waals surface area contributed by atoms with Crippen molar-refractivity contribution < 1.29 is 13.2 Å². The Labute approximate surface area is 179 Å². The number of hydrogen-bond donors (Lipinski definition) is 1. The first-order chi connectivity index (χ1) is 14.4. The number of nitrogens with one attached hydrogen (secondary N) is 1. The molecule has 0 aliphatic carbocycles. The Bertz CT molecular complexity index is 1330. The van der Waals surface area contributed by atoms with Crippen molar-refractivity contribution in [3.05, 3.63) is 83.7 Å². The van der Waals surface area contributed by atoms with Crippen LogP contribution in [0.25, 0.3) is 21.2 Å². The van der Waals surface area contributed by atoms with Crippen LogP contribution in [0.15, 0.2) is 83.1 Å². The molecule has 5 nitrogen and oxygen atoms in total. The van der Waals surface area contributed by atoms with Crippen LogP contribution in [-0.2, 0) is 10.0 Å². The van der Waals surface area contributed by atoms with Crippen LogP contribution in [0.1, 0.15) is 10.4 Å². The molecule has 0 aliphatic heterocycles. The van der Waals surface area contributed by atoms with E-state index in [1.165, 1.54) is 30.5 Å². The van der Waals surface area contributed by atoms with Crippen LogP contribution in [0.4, 0.5) is 5.69 Å². The molecule has 0 radical (unpaired) electrons. The van der Waals surface area contributed by atoms with Crippen LogP contribution >= 0.6 is 11.3 Å². The summed E-state index contributed by atoms with van der Waals surface area (Å²) in [6.45, 7) is 0. The van der Waals surface area contributed by atoms with E-state index in [4.69, 9.17) is 0 Å². The quantitative estimate of drug-likeness (QED) is 0.491. The third-order valence-electron chi connectivity index (χ3n) is 5.01. The van der Waals surface area contributed by atoms with Crippen LogP contribution in [0.2, 0.25) is 0 Å². The predicted molar refractivity (Wildman–Crippen MR) is 123 cm³/mol. The van der Waals surface area contributed by atoms with Crippen molar-refractivity contribution in [3.8, 4) is 10.4 Å². The molecule has 0 saturated carbocycles. The maximum atomic E-state index is 13.5. The van der Waals surface area contributed by atoms with Crippen molar-refractivity contribution in [1.82, 2.24) is 4.72 Å². The van der Waals surface area contributed by atoms with E-state index in [1.807, 2.05) is 60.0 Å². The molecule has 1 aromatic heterocycles. The minimum atomic E-state index is -3.68. The van der Waals surface area contributed by atoms with Crippen LogP contribution in [-0.4, -0.2) is 28.4 Å². The highest BCUT2D eigenvalue weighted by Crippen LogP contribution is 2.32. The highest BCUT2D eigenvalue weighted by Gasteiger charge is 2.22. The molecule has 0 spiro atoms. The number of amides is 1. The Morgan fingerprint density at radius 2 is 1.70 bits per heavy atom. The lowest BCUT2D eigenvalue weighted by Gasteiger charge is -2.20. The fraction of sp³-hybridized carbons (Fsp3) is 0.0870. The molecule has 0 unspecified atom stereocenters. The van der Waals surface area contributed by atoms with Gasteiger partial charge in [-0.25, -0.2) is 13.1 Å². The number of thiophene rings is 1. The smallest absolute Gasteiger partial charge is 0.258 e. The Hall–Kier alpha value is -3.00. The van der Waals surface area contributed by atoms with Crippen LogP contribution in [0.5, 0.6) is 0 Å². The third kappa shape index (κ3) is 3.75. The number of carbonyl (C=O) groups is 1. The lowest BCUT2D eigenvalue weighted by Crippen LogP contribution is -2.27. The van der Waals surface area contributed by atoms with E-state index in [0.29, 0.717) is 11.1 Å². The summed E-state index contributed by atoms with van der Waals surface area (Å²) in [7, 11) is -0.626. The molecule has 0 fully saturated rings. The molecular weight excluding hydrogens is 416 g/mol. The van der Waals surface area contributed by atoms with Crippen LogP contribution in [0, 0.1) is 0 Å². The van der Waals surface area contributed by atoms with Crippen molar-refractivity contribution in [3.63, 3.8) is 0 Å². The molecule has 1 N–H and O–H groups in total. The second-order valence-corrected chi connectivity index (χ2v) is 9.62. The summed E-state index contributed by atoms with van der Waals surface area (Å²) in [6.07, 6.45) is 0. The summed E-state index contributed by atoms with van der Waals surface area (Å²) < 4.78 is 27.0. The molecule has 7 heteroatoms. The number of fused-ring (bicyclic) bond motifs is 1. The Balaban J connectivity index is 1.81. The minimum absolute atomic E-state index is 0.0561. The molecular formula is C23H20N2O3S2. The number of carbonyl (C=O) groups excluding carboxylic acids is 1. The highest BCUT2D eigenvalue weighted by atomic mass is 32.2. The van der Waals surface area contributed by atoms with Gasteiger partial charge in [0.2, 0.25) is 10.0 Å². The monoisotopic (exact) mass is 436 g/mol. The third-order valence-corrected chi connectivity index (χ3v) is 7.33.